The number of amides is 1. The molecule has 1 aromatic rings. The fraction of sp³-hybridized carbons (Fsp3) is 0.706. The molecule has 1 aromatic heterocycles. The van der Waals surface area contributed by atoms with Crippen LogP contribution in [-0.2, 0) is 16.0 Å². The number of aryl methyl sites for hydroxylation is 1. The van der Waals surface area contributed by atoms with Crippen LogP contribution >= 0.6 is 0 Å². The largest absolute Gasteiger partial charge is 0.480 e. The van der Waals surface area contributed by atoms with E-state index in [4.69, 9.17) is 5.11 Å². The lowest BCUT2D eigenvalue weighted by atomic mass is 10.1. The summed E-state index contributed by atoms with van der Waals surface area (Å²) in [7, 11) is 0. The molecule has 0 saturated carbocycles. The molecule has 0 aliphatic carbocycles. The van der Waals surface area contributed by atoms with Crippen molar-refractivity contribution in [2.45, 2.75) is 31.7 Å². The molecule has 0 radical (unpaired) electrons. The van der Waals surface area contributed by atoms with Gasteiger partial charge in [0.15, 0.2) is 0 Å². The second-order valence-corrected chi connectivity index (χ2v) is 6.84. The van der Waals surface area contributed by atoms with Crippen LogP contribution in [0.1, 0.15) is 31.0 Å². The summed E-state index contributed by atoms with van der Waals surface area (Å²) in [6.07, 6.45) is 7.33. The number of hydrogen-bond donors (Lipinski definition) is 2. The van der Waals surface area contributed by atoms with E-state index in [0.29, 0.717) is 45.1 Å². The van der Waals surface area contributed by atoms with Gasteiger partial charge in [0.05, 0.1) is 18.6 Å². The maximum atomic E-state index is 12.4. The number of carboxylic acids is 1. The molecule has 2 saturated heterocycles. The lowest BCUT2D eigenvalue weighted by molar-refractivity contribution is -0.139. The van der Waals surface area contributed by atoms with Crippen LogP contribution in [0.2, 0.25) is 0 Å². The number of piperazine rings is 1. The van der Waals surface area contributed by atoms with Gasteiger partial charge < -0.3 is 19.9 Å². The maximum absolute atomic E-state index is 12.4. The van der Waals surface area contributed by atoms with Gasteiger partial charge in [-0.2, -0.15) is 0 Å². The third-order valence-electron chi connectivity index (χ3n) is 5.06. The van der Waals surface area contributed by atoms with Crippen LogP contribution < -0.4 is 5.32 Å². The van der Waals surface area contributed by atoms with E-state index >= 15 is 0 Å². The predicted octanol–water partition coefficient (Wildman–Crippen LogP) is -0.0310. The lowest BCUT2D eigenvalue weighted by Gasteiger charge is -2.33. The van der Waals surface area contributed by atoms with Gasteiger partial charge in [-0.15, -0.1) is 0 Å². The van der Waals surface area contributed by atoms with Crippen molar-refractivity contribution in [1.29, 1.82) is 0 Å². The van der Waals surface area contributed by atoms with Crippen LogP contribution in [0.25, 0.3) is 0 Å². The SMILES string of the molecule is O=C(O)CN1CCN(C(=O)CCc2cn(C3CCNCC3)cn2)CC1. The minimum Gasteiger partial charge on any atom is -0.480 e. The molecule has 138 valence electrons. The highest BCUT2D eigenvalue weighted by Crippen LogP contribution is 2.19. The van der Waals surface area contributed by atoms with Gasteiger partial charge in [0.2, 0.25) is 5.91 Å². The molecule has 2 aliphatic heterocycles. The summed E-state index contributed by atoms with van der Waals surface area (Å²) >= 11 is 0. The number of carboxylic acid groups (broad SMARTS) is 1. The molecule has 1 amide bonds. The minimum atomic E-state index is -0.816. The van der Waals surface area contributed by atoms with E-state index in [1.807, 2.05) is 16.1 Å². The summed E-state index contributed by atoms with van der Waals surface area (Å²) in [4.78, 5) is 31.2. The first-order chi connectivity index (χ1) is 12.1. The van der Waals surface area contributed by atoms with Gasteiger partial charge in [0, 0.05) is 44.8 Å². The van der Waals surface area contributed by atoms with E-state index in [2.05, 4.69) is 21.1 Å². The standard InChI is InChI=1S/C17H27N5O3/c23-16(21-9-7-20(8-10-21)12-17(24)25)2-1-14-11-22(13-19-14)15-3-5-18-6-4-15/h11,13,15,18H,1-10,12H2,(H,24,25). The Morgan fingerprint density at radius 3 is 2.60 bits per heavy atom. The highest BCUT2D eigenvalue weighted by atomic mass is 16.4. The Balaban J connectivity index is 1.42. The number of rotatable bonds is 6. The Hall–Kier alpha value is -1.93. The number of imidazole rings is 1. The van der Waals surface area contributed by atoms with E-state index in [9.17, 15) is 9.59 Å². The molecule has 3 heterocycles. The highest BCUT2D eigenvalue weighted by molar-refractivity contribution is 5.76. The van der Waals surface area contributed by atoms with Gasteiger partial charge in [-0.1, -0.05) is 0 Å². The Bertz CT molecular complexity index is 589. The zero-order valence-corrected chi connectivity index (χ0v) is 14.6. The molecule has 25 heavy (non-hydrogen) atoms. The molecular weight excluding hydrogens is 322 g/mol. The van der Waals surface area contributed by atoms with Crippen LogP contribution in [0.3, 0.4) is 0 Å². The molecule has 0 aromatic carbocycles. The Kier molecular flexibility index (Phi) is 6.04. The fourth-order valence-corrected chi connectivity index (χ4v) is 3.55. The van der Waals surface area contributed by atoms with Crippen molar-refractivity contribution >= 4 is 11.9 Å². The summed E-state index contributed by atoms with van der Waals surface area (Å²) in [5, 5.41) is 12.2. The van der Waals surface area contributed by atoms with Crippen LogP contribution in [-0.4, -0.2) is 82.1 Å². The molecule has 3 rings (SSSR count). The van der Waals surface area contributed by atoms with E-state index < -0.39 is 5.97 Å². The van der Waals surface area contributed by atoms with Gasteiger partial charge >= 0.3 is 5.97 Å². The summed E-state index contributed by atoms with van der Waals surface area (Å²) in [6.45, 7) is 4.61. The van der Waals surface area contributed by atoms with Crippen LogP contribution in [0, 0.1) is 0 Å². The molecule has 0 unspecified atom stereocenters. The lowest BCUT2D eigenvalue weighted by Crippen LogP contribution is -2.49. The summed E-state index contributed by atoms with van der Waals surface area (Å²) in [5.41, 5.74) is 0.969. The predicted molar refractivity (Wildman–Crippen MR) is 92.3 cm³/mol. The molecule has 8 heteroatoms. The van der Waals surface area contributed by atoms with Crippen molar-refractivity contribution in [3.63, 3.8) is 0 Å². The summed E-state index contributed by atoms with van der Waals surface area (Å²) in [5.74, 6) is -0.685. The molecule has 0 spiro atoms. The van der Waals surface area contributed by atoms with Crippen molar-refractivity contribution in [3.8, 4) is 0 Å². The molecule has 2 N–H and O–H groups in total. The van der Waals surface area contributed by atoms with Crippen LogP contribution in [0.4, 0.5) is 0 Å². The fourth-order valence-electron chi connectivity index (χ4n) is 3.55. The van der Waals surface area contributed by atoms with E-state index in [1.54, 1.807) is 0 Å². The van der Waals surface area contributed by atoms with Crippen LogP contribution in [0.5, 0.6) is 0 Å². The van der Waals surface area contributed by atoms with Crippen molar-refractivity contribution in [2.75, 3.05) is 45.8 Å². The first-order valence-corrected chi connectivity index (χ1v) is 9.07. The van der Waals surface area contributed by atoms with E-state index in [1.165, 1.54) is 0 Å². The number of nitrogens with zero attached hydrogens (tertiary/aromatic N) is 4. The normalized spacial score (nSPS) is 19.9. The third kappa shape index (κ3) is 5.02. The van der Waals surface area contributed by atoms with Crippen molar-refractivity contribution in [2.24, 2.45) is 0 Å². The minimum absolute atomic E-state index is 0.0517. The van der Waals surface area contributed by atoms with Gasteiger partial charge in [-0.25, -0.2) is 4.98 Å². The Morgan fingerprint density at radius 2 is 1.92 bits per heavy atom. The number of nitrogens with one attached hydrogen (secondary N) is 1. The number of hydrogen-bond acceptors (Lipinski definition) is 5. The van der Waals surface area contributed by atoms with E-state index in [-0.39, 0.29) is 12.5 Å². The molecule has 8 nitrogen and oxygen atoms in total. The number of aromatic nitrogens is 2. The quantitative estimate of drug-likeness (QED) is 0.749. The second kappa shape index (κ2) is 8.44. The zero-order valence-electron chi connectivity index (χ0n) is 14.6. The molecule has 0 bridgehead atoms. The summed E-state index contributed by atoms with van der Waals surface area (Å²) < 4.78 is 2.19. The number of aliphatic carboxylic acids is 1. The number of carbonyl (C=O) groups is 2. The van der Waals surface area contributed by atoms with E-state index in [0.717, 1.165) is 31.6 Å². The van der Waals surface area contributed by atoms with Crippen molar-refractivity contribution < 1.29 is 14.7 Å². The molecule has 2 aliphatic rings. The van der Waals surface area contributed by atoms with Gasteiger partial charge in [-0.3, -0.25) is 14.5 Å². The first-order valence-electron chi connectivity index (χ1n) is 9.07. The summed E-state index contributed by atoms with van der Waals surface area (Å²) in [6, 6.07) is 0.514. The van der Waals surface area contributed by atoms with Gasteiger partial charge in [0.25, 0.3) is 0 Å². The number of piperidine rings is 1. The molecular formula is C17H27N5O3. The third-order valence-corrected chi connectivity index (χ3v) is 5.06. The average Bonchev–Trinajstić information content (AvgIpc) is 3.10. The average molecular weight is 349 g/mol. The smallest absolute Gasteiger partial charge is 0.317 e. The topological polar surface area (TPSA) is 90.7 Å². The van der Waals surface area contributed by atoms with Crippen molar-refractivity contribution in [3.05, 3.63) is 18.2 Å². The molecule has 2 fully saturated rings. The zero-order chi connectivity index (χ0) is 17.6. The monoisotopic (exact) mass is 349 g/mol. The van der Waals surface area contributed by atoms with Gasteiger partial charge in [-0.05, 0) is 32.4 Å². The maximum Gasteiger partial charge on any atom is 0.317 e. The van der Waals surface area contributed by atoms with Crippen molar-refractivity contribution in [1.82, 2.24) is 24.7 Å². The first kappa shape index (κ1) is 17.9. The number of carbonyl (C=O) groups excluding carboxylic acids is 1. The second-order valence-electron chi connectivity index (χ2n) is 6.84. The highest BCUT2D eigenvalue weighted by Gasteiger charge is 2.22. The Morgan fingerprint density at radius 1 is 1.20 bits per heavy atom. The molecule has 0 atom stereocenters. The van der Waals surface area contributed by atoms with Gasteiger partial charge in [0.1, 0.15) is 0 Å². The Labute approximate surface area is 147 Å². The van der Waals surface area contributed by atoms with Crippen LogP contribution in [0.15, 0.2) is 12.5 Å².